The third kappa shape index (κ3) is 7.27. The summed E-state index contributed by atoms with van der Waals surface area (Å²) in [5.74, 6) is 1.80. The Morgan fingerprint density at radius 3 is 2.35 bits per heavy atom. The topological polar surface area (TPSA) is 74.6 Å². The molecule has 1 amide bonds. The van der Waals surface area contributed by atoms with Crippen molar-refractivity contribution in [3.8, 4) is 17.2 Å². The molecule has 0 fully saturated rings. The Morgan fingerprint density at radius 2 is 1.62 bits per heavy atom. The average molecular weight is 585 g/mol. The number of hydrogen-bond donors (Lipinski definition) is 1. The summed E-state index contributed by atoms with van der Waals surface area (Å²) >= 11 is 9.57. The van der Waals surface area contributed by atoms with Gasteiger partial charge in [-0.25, -0.2) is 0 Å². The lowest BCUT2D eigenvalue weighted by molar-refractivity contribution is 0.102. The third-order valence-electron chi connectivity index (χ3n) is 5.35. The van der Waals surface area contributed by atoms with Gasteiger partial charge in [0.2, 0.25) is 0 Å². The Labute approximate surface area is 229 Å². The van der Waals surface area contributed by atoms with Gasteiger partial charge >= 0.3 is 0 Å². The Kier molecular flexibility index (Phi) is 9.09. The van der Waals surface area contributed by atoms with Crippen LogP contribution >= 0.6 is 27.5 Å². The first-order valence-corrected chi connectivity index (χ1v) is 13.0. The number of nitrogens with zero attached hydrogens (tertiary/aromatic N) is 2. The van der Waals surface area contributed by atoms with Crippen molar-refractivity contribution in [3.63, 3.8) is 0 Å². The molecule has 3 aromatic carbocycles. The quantitative estimate of drug-likeness (QED) is 0.206. The van der Waals surface area contributed by atoms with E-state index < -0.39 is 0 Å². The highest BCUT2D eigenvalue weighted by Crippen LogP contribution is 2.29. The lowest BCUT2D eigenvalue weighted by Crippen LogP contribution is -2.11. The second-order valence-electron chi connectivity index (χ2n) is 8.09. The number of ether oxygens (including phenoxy) is 3. The molecule has 0 unspecified atom stereocenters. The van der Waals surface area contributed by atoms with E-state index in [1.54, 1.807) is 35.3 Å². The molecule has 0 aliphatic carbocycles. The Hall–Kier alpha value is -3.49. The van der Waals surface area contributed by atoms with Crippen LogP contribution in [-0.4, -0.2) is 28.9 Å². The largest absolute Gasteiger partial charge is 0.490 e. The van der Waals surface area contributed by atoms with Gasteiger partial charge in [-0.05, 0) is 67.4 Å². The first kappa shape index (κ1) is 26.6. The summed E-state index contributed by atoms with van der Waals surface area (Å²) in [6.45, 7) is 5.86. The minimum absolute atomic E-state index is 0.220. The number of rotatable bonds is 11. The van der Waals surface area contributed by atoms with Crippen LogP contribution in [0, 0.1) is 0 Å². The fourth-order valence-corrected chi connectivity index (χ4v) is 4.33. The van der Waals surface area contributed by atoms with Gasteiger partial charge in [0.05, 0.1) is 36.7 Å². The molecule has 0 aliphatic rings. The molecule has 4 rings (SSSR count). The number of hydrogen-bond acceptors (Lipinski definition) is 5. The van der Waals surface area contributed by atoms with Crippen LogP contribution in [0.2, 0.25) is 5.02 Å². The molecule has 0 bridgehead atoms. The number of anilines is 1. The summed E-state index contributed by atoms with van der Waals surface area (Å²) in [6.07, 6.45) is 3.42. The van der Waals surface area contributed by atoms with Crippen LogP contribution < -0.4 is 19.5 Å². The molecule has 0 saturated carbocycles. The molecule has 9 heteroatoms. The number of nitrogens with one attached hydrogen (secondary N) is 1. The van der Waals surface area contributed by atoms with Gasteiger partial charge in [-0.2, -0.15) is 5.10 Å². The van der Waals surface area contributed by atoms with Gasteiger partial charge in [-0.15, -0.1) is 0 Å². The highest BCUT2D eigenvalue weighted by atomic mass is 79.9. The molecule has 37 heavy (non-hydrogen) atoms. The Balaban J connectivity index is 1.33. The van der Waals surface area contributed by atoms with Crippen molar-refractivity contribution in [2.75, 3.05) is 18.5 Å². The zero-order valence-electron chi connectivity index (χ0n) is 20.5. The summed E-state index contributed by atoms with van der Waals surface area (Å²) in [7, 11) is 0. The zero-order valence-corrected chi connectivity index (χ0v) is 22.9. The van der Waals surface area contributed by atoms with Crippen molar-refractivity contribution in [2.45, 2.75) is 27.0 Å². The molecule has 1 N–H and O–H groups in total. The molecule has 0 saturated heterocycles. The van der Waals surface area contributed by atoms with E-state index in [0.717, 1.165) is 21.3 Å². The minimum Gasteiger partial charge on any atom is -0.490 e. The van der Waals surface area contributed by atoms with Crippen LogP contribution in [0.5, 0.6) is 17.2 Å². The van der Waals surface area contributed by atoms with Crippen molar-refractivity contribution in [1.29, 1.82) is 0 Å². The van der Waals surface area contributed by atoms with E-state index in [1.165, 1.54) is 0 Å². The van der Waals surface area contributed by atoms with Crippen LogP contribution in [0.1, 0.15) is 35.3 Å². The van der Waals surface area contributed by atoms with E-state index >= 15 is 0 Å². The van der Waals surface area contributed by atoms with Crippen molar-refractivity contribution in [2.24, 2.45) is 0 Å². The number of halogens is 2. The van der Waals surface area contributed by atoms with Gasteiger partial charge in [0.1, 0.15) is 12.4 Å². The minimum atomic E-state index is -0.220. The SMILES string of the molecule is CCOc1ccc(Cn2cc(NC(=O)c3ccc(COc4ccc(Br)cc4Cl)cc3)cn2)cc1OCC. The second kappa shape index (κ2) is 12.7. The fraction of sp³-hybridized carbons (Fsp3) is 0.214. The summed E-state index contributed by atoms with van der Waals surface area (Å²) in [5.41, 5.74) is 3.07. The second-order valence-corrected chi connectivity index (χ2v) is 9.41. The van der Waals surface area contributed by atoms with Gasteiger partial charge in [0.25, 0.3) is 5.91 Å². The van der Waals surface area contributed by atoms with Crippen molar-refractivity contribution < 1.29 is 19.0 Å². The molecule has 0 radical (unpaired) electrons. The molecular weight excluding hydrogens is 558 g/mol. The number of amides is 1. The van der Waals surface area contributed by atoms with Gasteiger partial charge < -0.3 is 19.5 Å². The van der Waals surface area contributed by atoms with Crippen LogP contribution in [0.25, 0.3) is 0 Å². The first-order chi connectivity index (χ1) is 17.9. The van der Waals surface area contributed by atoms with Crippen LogP contribution in [-0.2, 0) is 13.2 Å². The lowest BCUT2D eigenvalue weighted by atomic mass is 10.1. The van der Waals surface area contributed by atoms with Crippen molar-refractivity contribution in [3.05, 3.63) is 99.2 Å². The summed E-state index contributed by atoms with van der Waals surface area (Å²) < 4.78 is 19.8. The monoisotopic (exact) mass is 583 g/mol. The summed E-state index contributed by atoms with van der Waals surface area (Å²) in [6, 6.07) is 18.5. The van der Waals surface area contributed by atoms with Crippen LogP contribution in [0.3, 0.4) is 0 Å². The normalized spacial score (nSPS) is 10.7. The number of aromatic nitrogens is 2. The van der Waals surface area contributed by atoms with Crippen LogP contribution in [0.15, 0.2) is 77.5 Å². The van der Waals surface area contributed by atoms with Gasteiger partial charge in [0.15, 0.2) is 11.5 Å². The molecule has 1 aromatic heterocycles. The highest BCUT2D eigenvalue weighted by molar-refractivity contribution is 9.10. The van der Waals surface area contributed by atoms with E-state index in [9.17, 15) is 4.79 Å². The van der Waals surface area contributed by atoms with Gasteiger partial charge in [-0.3, -0.25) is 9.48 Å². The van der Waals surface area contributed by atoms with E-state index in [2.05, 4.69) is 26.3 Å². The standard InChI is InChI=1S/C28H27BrClN3O4/c1-3-35-26-11-7-20(13-27(26)36-4-2)16-33-17-23(15-31-33)32-28(34)21-8-5-19(6-9-21)18-37-25-12-10-22(29)14-24(25)30/h5-15,17H,3-4,16,18H2,1-2H3,(H,32,34). The third-order valence-corrected chi connectivity index (χ3v) is 6.14. The summed E-state index contributed by atoms with van der Waals surface area (Å²) in [5, 5.41) is 7.79. The number of benzene rings is 3. The lowest BCUT2D eigenvalue weighted by Gasteiger charge is -2.12. The molecule has 0 atom stereocenters. The molecule has 0 aliphatic heterocycles. The van der Waals surface area contributed by atoms with E-state index in [1.807, 2.05) is 56.3 Å². The summed E-state index contributed by atoms with van der Waals surface area (Å²) in [4.78, 5) is 12.7. The van der Waals surface area contributed by atoms with E-state index in [0.29, 0.717) is 54.1 Å². The van der Waals surface area contributed by atoms with Crippen LogP contribution in [0.4, 0.5) is 5.69 Å². The maximum Gasteiger partial charge on any atom is 0.255 e. The maximum atomic E-state index is 12.7. The van der Waals surface area contributed by atoms with Crippen molar-refractivity contribution in [1.82, 2.24) is 9.78 Å². The Bertz CT molecular complexity index is 1360. The molecule has 4 aromatic rings. The van der Waals surface area contributed by atoms with E-state index in [-0.39, 0.29) is 5.91 Å². The zero-order chi connectivity index (χ0) is 26.2. The molecule has 1 heterocycles. The molecular formula is C28H27BrClN3O4. The predicted octanol–water partition coefficient (Wildman–Crippen LogP) is 6.98. The first-order valence-electron chi connectivity index (χ1n) is 11.8. The molecule has 192 valence electrons. The molecule has 0 spiro atoms. The predicted molar refractivity (Wildman–Crippen MR) is 148 cm³/mol. The fourth-order valence-electron chi connectivity index (χ4n) is 3.60. The highest BCUT2D eigenvalue weighted by Gasteiger charge is 2.10. The maximum absolute atomic E-state index is 12.7. The van der Waals surface area contributed by atoms with E-state index in [4.69, 9.17) is 25.8 Å². The molecule has 7 nitrogen and oxygen atoms in total. The Morgan fingerprint density at radius 1 is 0.919 bits per heavy atom. The number of carbonyl (C=O) groups is 1. The smallest absolute Gasteiger partial charge is 0.255 e. The van der Waals surface area contributed by atoms with Gasteiger partial charge in [0, 0.05) is 16.2 Å². The van der Waals surface area contributed by atoms with Gasteiger partial charge in [-0.1, -0.05) is 45.7 Å². The number of carbonyl (C=O) groups excluding carboxylic acids is 1. The average Bonchev–Trinajstić information content (AvgIpc) is 3.32. The van der Waals surface area contributed by atoms with Crippen molar-refractivity contribution >= 4 is 39.1 Å².